The van der Waals surface area contributed by atoms with Crippen molar-refractivity contribution in [1.29, 1.82) is 0 Å². The Morgan fingerprint density at radius 3 is 2.95 bits per heavy atom. The fourth-order valence-corrected chi connectivity index (χ4v) is 4.49. The molecule has 1 fully saturated rings. The molecule has 0 saturated heterocycles. The number of nitrogens with zero attached hydrogens (tertiary/aromatic N) is 2. The molecule has 1 aliphatic carbocycles. The van der Waals surface area contributed by atoms with E-state index in [0.717, 1.165) is 28.1 Å². The highest BCUT2D eigenvalue weighted by Gasteiger charge is 2.26. The van der Waals surface area contributed by atoms with Gasteiger partial charge in [-0.3, -0.25) is 10.1 Å². The summed E-state index contributed by atoms with van der Waals surface area (Å²) in [5, 5.41) is 16.3. The number of benzene rings is 1. The van der Waals surface area contributed by atoms with Gasteiger partial charge in [-0.2, -0.15) is 11.8 Å². The second-order valence-corrected chi connectivity index (χ2v) is 7.71. The predicted molar refractivity (Wildman–Crippen MR) is 89.6 cm³/mol. The molecule has 21 heavy (non-hydrogen) atoms. The van der Waals surface area contributed by atoms with Crippen LogP contribution in [0.2, 0.25) is 0 Å². The first-order valence-corrected chi connectivity index (χ1v) is 9.02. The Kier molecular flexibility index (Phi) is 4.03. The molecule has 2 aromatic rings. The number of nitrogens with one attached hydrogen (secondary N) is 1. The van der Waals surface area contributed by atoms with Crippen LogP contribution in [0, 0.1) is 17.0 Å². The predicted octanol–water partition coefficient (Wildman–Crippen LogP) is 4.21. The zero-order valence-electron chi connectivity index (χ0n) is 12.0. The molecule has 0 radical (unpaired) electrons. The van der Waals surface area contributed by atoms with Crippen molar-refractivity contribution in [3.63, 3.8) is 0 Å². The maximum Gasteiger partial charge on any atom is 0.293 e. The molecule has 5 nitrogen and oxygen atoms in total. The van der Waals surface area contributed by atoms with Crippen LogP contribution in [0.3, 0.4) is 0 Å². The van der Waals surface area contributed by atoms with E-state index in [2.05, 4.69) is 16.6 Å². The molecule has 1 aromatic carbocycles. The van der Waals surface area contributed by atoms with Crippen molar-refractivity contribution < 1.29 is 4.92 Å². The normalized spacial score (nSPS) is 21.8. The number of nitro groups is 1. The summed E-state index contributed by atoms with van der Waals surface area (Å²) >= 11 is 3.37. The molecular weight excluding hydrogens is 306 g/mol. The number of nitro benzene ring substituents is 1. The number of thioether (sulfide) groups is 1. The standard InChI is InChI=1S/C14H17N3O2S2/c1-8-15-12-6-11(13(17(18)19)7-14(12)21-8)16-9-3-4-10(5-9)20-2/h6-7,9-10,16H,3-5H2,1-2H3. The topological polar surface area (TPSA) is 68.1 Å². The summed E-state index contributed by atoms with van der Waals surface area (Å²) in [7, 11) is 0. The van der Waals surface area contributed by atoms with Crippen LogP contribution in [-0.4, -0.2) is 27.5 Å². The fourth-order valence-electron chi connectivity index (χ4n) is 2.85. The molecule has 2 atom stereocenters. The third-order valence-electron chi connectivity index (χ3n) is 3.89. The molecule has 1 heterocycles. The molecule has 2 unspecified atom stereocenters. The van der Waals surface area contributed by atoms with Crippen molar-refractivity contribution in [3.8, 4) is 0 Å². The Bertz CT molecular complexity index is 686. The fraction of sp³-hybridized carbons (Fsp3) is 0.500. The number of thiazole rings is 1. The van der Waals surface area contributed by atoms with E-state index in [-0.39, 0.29) is 10.6 Å². The van der Waals surface area contributed by atoms with Crippen LogP contribution < -0.4 is 5.32 Å². The van der Waals surface area contributed by atoms with Crippen LogP contribution in [0.4, 0.5) is 11.4 Å². The van der Waals surface area contributed by atoms with Crippen molar-refractivity contribution in [1.82, 2.24) is 4.98 Å². The molecule has 112 valence electrons. The Morgan fingerprint density at radius 1 is 1.48 bits per heavy atom. The van der Waals surface area contributed by atoms with Crippen molar-refractivity contribution in [2.75, 3.05) is 11.6 Å². The molecule has 1 aliphatic rings. The average molecular weight is 323 g/mol. The number of rotatable bonds is 4. The average Bonchev–Trinajstić information content (AvgIpc) is 3.02. The van der Waals surface area contributed by atoms with Gasteiger partial charge in [-0.05, 0) is 38.5 Å². The van der Waals surface area contributed by atoms with E-state index in [9.17, 15) is 10.1 Å². The molecule has 1 N–H and O–H groups in total. The Labute approximate surface area is 131 Å². The summed E-state index contributed by atoms with van der Waals surface area (Å²) in [5.74, 6) is 0. The van der Waals surface area contributed by atoms with Crippen LogP contribution in [0.15, 0.2) is 12.1 Å². The van der Waals surface area contributed by atoms with Gasteiger partial charge in [0.05, 0.1) is 20.1 Å². The van der Waals surface area contributed by atoms with Crippen molar-refractivity contribution in [2.24, 2.45) is 0 Å². The molecule has 3 rings (SSSR count). The van der Waals surface area contributed by atoms with Gasteiger partial charge in [-0.1, -0.05) is 0 Å². The minimum Gasteiger partial charge on any atom is -0.377 e. The first kappa shape index (κ1) is 14.6. The quantitative estimate of drug-likeness (QED) is 0.674. The second-order valence-electron chi connectivity index (χ2n) is 5.34. The Hall–Kier alpha value is -1.34. The minimum absolute atomic E-state index is 0.152. The third-order valence-corrected chi connectivity index (χ3v) is 5.92. The highest BCUT2D eigenvalue weighted by molar-refractivity contribution is 7.99. The van der Waals surface area contributed by atoms with Crippen molar-refractivity contribution in [3.05, 3.63) is 27.3 Å². The lowest BCUT2D eigenvalue weighted by Crippen LogP contribution is -2.16. The number of aromatic nitrogens is 1. The van der Waals surface area contributed by atoms with Gasteiger partial charge < -0.3 is 5.32 Å². The maximum absolute atomic E-state index is 11.3. The van der Waals surface area contributed by atoms with Gasteiger partial charge >= 0.3 is 0 Å². The minimum atomic E-state index is -0.308. The number of hydrogen-bond donors (Lipinski definition) is 1. The molecule has 7 heteroatoms. The van der Waals surface area contributed by atoms with Gasteiger partial charge in [0.25, 0.3) is 5.69 Å². The van der Waals surface area contributed by atoms with Gasteiger partial charge in [0, 0.05) is 17.4 Å². The van der Waals surface area contributed by atoms with E-state index >= 15 is 0 Å². The summed E-state index contributed by atoms with van der Waals surface area (Å²) in [4.78, 5) is 15.4. The van der Waals surface area contributed by atoms with E-state index in [0.29, 0.717) is 17.0 Å². The number of aryl methyl sites for hydroxylation is 1. The molecular formula is C14H17N3O2S2. The third kappa shape index (κ3) is 2.98. The van der Waals surface area contributed by atoms with Crippen LogP contribution in [-0.2, 0) is 0 Å². The van der Waals surface area contributed by atoms with Crippen LogP contribution >= 0.6 is 23.1 Å². The van der Waals surface area contributed by atoms with E-state index in [1.54, 1.807) is 6.07 Å². The number of anilines is 1. The lowest BCUT2D eigenvalue weighted by Gasteiger charge is -2.14. The first-order valence-electron chi connectivity index (χ1n) is 6.91. The molecule has 0 amide bonds. The van der Waals surface area contributed by atoms with Crippen molar-refractivity contribution in [2.45, 2.75) is 37.5 Å². The molecule has 0 aliphatic heterocycles. The first-order chi connectivity index (χ1) is 10.1. The summed E-state index contributed by atoms with van der Waals surface area (Å²) in [6, 6.07) is 3.78. The Morgan fingerprint density at radius 2 is 2.29 bits per heavy atom. The van der Waals surface area contributed by atoms with E-state index in [4.69, 9.17) is 0 Å². The molecule has 1 saturated carbocycles. The lowest BCUT2D eigenvalue weighted by molar-refractivity contribution is -0.383. The summed E-state index contributed by atoms with van der Waals surface area (Å²) in [6.07, 6.45) is 5.42. The van der Waals surface area contributed by atoms with Crippen LogP contribution in [0.25, 0.3) is 10.2 Å². The smallest absolute Gasteiger partial charge is 0.293 e. The van der Waals surface area contributed by atoms with Gasteiger partial charge in [-0.15, -0.1) is 11.3 Å². The monoisotopic (exact) mass is 323 g/mol. The summed E-state index contributed by atoms with van der Waals surface area (Å²) in [6.45, 7) is 1.92. The maximum atomic E-state index is 11.3. The zero-order valence-corrected chi connectivity index (χ0v) is 13.6. The largest absolute Gasteiger partial charge is 0.377 e. The SMILES string of the molecule is CSC1CCC(Nc2cc3nc(C)sc3cc2[N+](=O)[O-])C1. The van der Waals surface area contributed by atoms with Crippen molar-refractivity contribution >= 4 is 44.7 Å². The lowest BCUT2D eigenvalue weighted by atomic mass is 10.2. The van der Waals surface area contributed by atoms with Crippen LogP contribution in [0.5, 0.6) is 0 Å². The van der Waals surface area contributed by atoms with E-state index in [1.807, 2.05) is 24.8 Å². The second kappa shape index (κ2) is 5.81. The molecule has 0 bridgehead atoms. The molecule has 0 spiro atoms. The highest BCUT2D eigenvalue weighted by Crippen LogP contribution is 2.36. The zero-order chi connectivity index (χ0) is 15.0. The highest BCUT2D eigenvalue weighted by atomic mass is 32.2. The van der Waals surface area contributed by atoms with Gasteiger partial charge in [-0.25, -0.2) is 4.98 Å². The van der Waals surface area contributed by atoms with E-state index < -0.39 is 0 Å². The summed E-state index contributed by atoms with van der Waals surface area (Å²) in [5.41, 5.74) is 1.59. The Balaban J connectivity index is 1.92. The molecule has 1 aromatic heterocycles. The number of fused-ring (bicyclic) bond motifs is 1. The summed E-state index contributed by atoms with van der Waals surface area (Å²) < 4.78 is 0.873. The van der Waals surface area contributed by atoms with E-state index in [1.165, 1.54) is 17.8 Å². The van der Waals surface area contributed by atoms with Crippen LogP contribution in [0.1, 0.15) is 24.3 Å². The van der Waals surface area contributed by atoms with Gasteiger partial charge in [0.15, 0.2) is 0 Å². The van der Waals surface area contributed by atoms with Gasteiger partial charge in [0.1, 0.15) is 5.69 Å². The number of hydrogen-bond acceptors (Lipinski definition) is 6. The van der Waals surface area contributed by atoms with Gasteiger partial charge in [0.2, 0.25) is 0 Å².